The number of amides is 1. The van der Waals surface area contributed by atoms with E-state index in [2.05, 4.69) is 33.0 Å². The van der Waals surface area contributed by atoms with Crippen molar-refractivity contribution in [3.8, 4) is 0 Å². The molecule has 0 saturated heterocycles. The average molecular weight is 325 g/mol. The molecule has 0 radical (unpaired) electrons. The quantitative estimate of drug-likeness (QED) is 0.886. The molecule has 0 spiro atoms. The number of halogens is 1. The molecule has 0 aliphatic heterocycles. The van der Waals surface area contributed by atoms with Gasteiger partial charge in [-0.15, -0.1) is 12.4 Å². The second kappa shape index (κ2) is 7.01. The van der Waals surface area contributed by atoms with Gasteiger partial charge in [-0.25, -0.2) is 0 Å². The summed E-state index contributed by atoms with van der Waals surface area (Å²) in [7, 11) is 0. The van der Waals surface area contributed by atoms with Gasteiger partial charge in [-0.3, -0.25) is 4.79 Å². The molecule has 0 bridgehead atoms. The molecule has 1 aliphatic rings. The molecule has 0 unspecified atom stereocenters. The molecule has 22 heavy (non-hydrogen) atoms. The van der Waals surface area contributed by atoms with Gasteiger partial charge in [0, 0.05) is 18.2 Å². The van der Waals surface area contributed by atoms with E-state index >= 15 is 0 Å². The highest BCUT2D eigenvalue weighted by molar-refractivity contribution is 5.94. The fourth-order valence-electron chi connectivity index (χ4n) is 4.01. The highest BCUT2D eigenvalue weighted by Crippen LogP contribution is 2.45. The molecule has 3 N–H and O–H groups in total. The second-order valence-electron chi connectivity index (χ2n) is 7.98. The lowest BCUT2D eigenvalue weighted by atomic mass is 9.63. The van der Waals surface area contributed by atoms with Crippen molar-refractivity contribution in [2.24, 2.45) is 16.6 Å². The van der Waals surface area contributed by atoms with E-state index in [0.717, 1.165) is 18.4 Å². The van der Waals surface area contributed by atoms with Crippen molar-refractivity contribution in [1.82, 2.24) is 5.32 Å². The maximum atomic E-state index is 12.4. The summed E-state index contributed by atoms with van der Waals surface area (Å²) < 4.78 is 0. The lowest BCUT2D eigenvalue weighted by molar-refractivity contribution is 0.0713. The Morgan fingerprint density at radius 2 is 1.64 bits per heavy atom. The van der Waals surface area contributed by atoms with Crippen LogP contribution in [0.15, 0.2) is 24.3 Å². The normalized spacial score (nSPS) is 20.0. The summed E-state index contributed by atoms with van der Waals surface area (Å²) in [5.74, 6) is 0.0251. The lowest BCUT2D eigenvalue weighted by Crippen LogP contribution is -2.46. The van der Waals surface area contributed by atoms with Crippen molar-refractivity contribution >= 4 is 18.3 Å². The summed E-state index contributed by atoms with van der Waals surface area (Å²) in [5.41, 5.74) is 7.91. The molecule has 1 fully saturated rings. The van der Waals surface area contributed by atoms with Gasteiger partial charge in [-0.05, 0) is 47.8 Å². The van der Waals surface area contributed by atoms with Gasteiger partial charge in [0.2, 0.25) is 0 Å². The molecular weight excluding hydrogens is 296 g/mol. The molecule has 1 aliphatic carbocycles. The van der Waals surface area contributed by atoms with E-state index in [1.165, 1.54) is 6.42 Å². The molecule has 4 heteroatoms. The first-order valence-corrected chi connectivity index (χ1v) is 7.81. The summed E-state index contributed by atoms with van der Waals surface area (Å²) >= 11 is 0. The zero-order chi connectivity index (χ0) is 15.7. The molecule has 0 atom stereocenters. The van der Waals surface area contributed by atoms with Crippen LogP contribution in [0.1, 0.15) is 62.9 Å². The van der Waals surface area contributed by atoms with Crippen LogP contribution < -0.4 is 11.1 Å². The number of benzene rings is 1. The summed E-state index contributed by atoms with van der Waals surface area (Å²) in [6.45, 7) is 9.69. The van der Waals surface area contributed by atoms with Crippen LogP contribution in [-0.4, -0.2) is 11.9 Å². The molecular formula is C18H29ClN2O. The molecule has 1 aromatic carbocycles. The van der Waals surface area contributed by atoms with Gasteiger partial charge in [0.25, 0.3) is 5.91 Å². The van der Waals surface area contributed by atoms with Gasteiger partial charge >= 0.3 is 0 Å². The fourth-order valence-corrected chi connectivity index (χ4v) is 4.01. The van der Waals surface area contributed by atoms with Gasteiger partial charge in [0.1, 0.15) is 0 Å². The largest absolute Gasteiger partial charge is 0.349 e. The number of carbonyl (C=O) groups is 1. The number of carbonyl (C=O) groups excluding carboxylic acids is 1. The van der Waals surface area contributed by atoms with Crippen LogP contribution in [0.3, 0.4) is 0 Å². The third-order valence-electron chi connectivity index (χ3n) is 4.34. The molecule has 0 heterocycles. The topological polar surface area (TPSA) is 55.1 Å². The number of nitrogens with two attached hydrogens (primary N) is 1. The predicted molar refractivity (Wildman–Crippen MR) is 94.2 cm³/mol. The molecule has 3 nitrogen and oxygen atoms in total. The van der Waals surface area contributed by atoms with Crippen molar-refractivity contribution in [3.63, 3.8) is 0 Å². The minimum absolute atomic E-state index is 0. The third kappa shape index (κ3) is 4.99. The highest BCUT2D eigenvalue weighted by atomic mass is 35.5. The van der Waals surface area contributed by atoms with Gasteiger partial charge in [-0.1, -0.05) is 39.8 Å². The standard InChI is InChI=1S/C18H28N2O.ClH/c1-17(2)9-15(10-18(3,4)12-17)20-16(21)14-7-5-13(11-19)6-8-14;/h5-8,15H,9-12,19H2,1-4H3,(H,20,21);1H. The monoisotopic (exact) mass is 324 g/mol. The van der Waals surface area contributed by atoms with Crippen molar-refractivity contribution in [1.29, 1.82) is 0 Å². The first kappa shape index (κ1) is 19.0. The number of rotatable bonds is 3. The Labute approximate surface area is 140 Å². The minimum Gasteiger partial charge on any atom is -0.349 e. The Bertz CT molecular complexity index is 492. The van der Waals surface area contributed by atoms with E-state index in [4.69, 9.17) is 5.73 Å². The Kier molecular flexibility index (Phi) is 6.05. The van der Waals surface area contributed by atoms with E-state index in [0.29, 0.717) is 12.1 Å². The van der Waals surface area contributed by atoms with Gasteiger partial charge in [0.05, 0.1) is 0 Å². The van der Waals surface area contributed by atoms with Crippen molar-refractivity contribution in [2.75, 3.05) is 0 Å². The van der Waals surface area contributed by atoms with Crippen LogP contribution in [0.4, 0.5) is 0 Å². The van der Waals surface area contributed by atoms with Crippen LogP contribution in [0, 0.1) is 10.8 Å². The van der Waals surface area contributed by atoms with E-state index in [1.54, 1.807) is 0 Å². The smallest absolute Gasteiger partial charge is 0.251 e. The van der Waals surface area contributed by atoms with Crippen molar-refractivity contribution < 1.29 is 4.79 Å². The van der Waals surface area contributed by atoms with E-state index in [-0.39, 0.29) is 35.2 Å². The highest BCUT2D eigenvalue weighted by Gasteiger charge is 2.38. The summed E-state index contributed by atoms with van der Waals surface area (Å²) in [4.78, 5) is 12.4. The van der Waals surface area contributed by atoms with Gasteiger partial charge < -0.3 is 11.1 Å². The van der Waals surface area contributed by atoms with Crippen LogP contribution in [0.25, 0.3) is 0 Å². The van der Waals surface area contributed by atoms with E-state index < -0.39 is 0 Å². The molecule has 1 aromatic rings. The zero-order valence-electron chi connectivity index (χ0n) is 14.1. The van der Waals surface area contributed by atoms with Gasteiger partial charge in [0.15, 0.2) is 0 Å². The Hall–Kier alpha value is -1.06. The molecule has 2 rings (SSSR count). The van der Waals surface area contributed by atoms with Crippen molar-refractivity contribution in [2.45, 2.75) is 59.5 Å². The number of nitrogens with one attached hydrogen (secondary N) is 1. The SMILES string of the molecule is CC1(C)CC(NC(=O)c2ccc(CN)cc2)CC(C)(C)C1.Cl. The Balaban J connectivity index is 0.00000242. The van der Waals surface area contributed by atoms with E-state index in [1.807, 2.05) is 24.3 Å². The maximum absolute atomic E-state index is 12.4. The average Bonchev–Trinajstić information content (AvgIpc) is 2.35. The second-order valence-corrected chi connectivity index (χ2v) is 7.98. The van der Waals surface area contributed by atoms with Crippen molar-refractivity contribution in [3.05, 3.63) is 35.4 Å². The molecule has 1 amide bonds. The molecule has 124 valence electrons. The van der Waals surface area contributed by atoms with Crippen LogP contribution in [0.2, 0.25) is 0 Å². The minimum atomic E-state index is 0. The Morgan fingerprint density at radius 3 is 2.09 bits per heavy atom. The van der Waals surface area contributed by atoms with Gasteiger partial charge in [-0.2, -0.15) is 0 Å². The van der Waals surface area contributed by atoms with Crippen LogP contribution >= 0.6 is 12.4 Å². The first-order valence-electron chi connectivity index (χ1n) is 7.81. The first-order chi connectivity index (χ1) is 9.71. The summed E-state index contributed by atoms with van der Waals surface area (Å²) in [5, 5.41) is 3.21. The molecule has 0 aromatic heterocycles. The number of hydrogen-bond donors (Lipinski definition) is 2. The molecule has 1 saturated carbocycles. The van der Waals surface area contributed by atoms with Crippen LogP contribution in [-0.2, 0) is 6.54 Å². The third-order valence-corrected chi connectivity index (χ3v) is 4.34. The lowest BCUT2D eigenvalue weighted by Gasteiger charge is -2.45. The van der Waals surface area contributed by atoms with Crippen LogP contribution in [0.5, 0.6) is 0 Å². The summed E-state index contributed by atoms with van der Waals surface area (Å²) in [6.07, 6.45) is 3.30. The Morgan fingerprint density at radius 1 is 1.14 bits per heavy atom. The maximum Gasteiger partial charge on any atom is 0.251 e. The zero-order valence-corrected chi connectivity index (χ0v) is 14.9. The fraction of sp³-hybridized carbons (Fsp3) is 0.611. The van der Waals surface area contributed by atoms with E-state index in [9.17, 15) is 4.79 Å². The predicted octanol–water partition coefficient (Wildman–Crippen LogP) is 3.90. The summed E-state index contributed by atoms with van der Waals surface area (Å²) in [6, 6.07) is 7.81. The number of hydrogen-bond acceptors (Lipinski definition) is 2.